The lowest BCUT2D eigenvalue weighted by Gasteiger charge is -2.15. The Morgan fingerprint density at radius 2 is 1.38 bits per heavy atom. The van der Waals surface area contributed by atoms with E-state index in [0.29, 0.717) is 49.8 Å². The Bertz CT molecular complexity index is 1480. The van der Waals surface area contributed by atoms with E-state index in [1.54, 1.807) is 48.5 Å². The highest BCUT2D eigenvalue weighted by Crippen LogP contribution is 2.22. The van der Waals surface area contributed by atoms with Gasteiger partial charge in [-0.25, -0.2) is 16.8 Å². The molecule has 1 fully saturated rings. The van der Waals surface area contributed by atoms with E-state index in [2.05, 4.69) is 10.0 Å². The van der Waals surface area contributed by atoms with Gasteiger partial charge in [-0.05, 0) is 92.4 Å². The summed E-state index contributed by atoms with van der Waals surface area (Å²) in [5.41, 5.74) is 1.31. The topological polar surface area (TPSA) is 131 Å². The lowest BCUT2D eigenvalue weighted by molar-refractivity contribution is -0.123. The normalized spacial score (nSPS) is 14.0. The van der Waals surface area contributed by atoms with Crippen molar-refractivity contribution in [3.8, 4) is 11.5 Å². The van der Waals surface area contributed by atoms with E-state index in [9.17, 15) is 21.6 Å². The zero-order chi connectivity index (χ0) is 28.6. The number of ether oxygens (including phenoxy) is 2. The van der Waals surface area contributed by atoms with Crippen molar-refractivity contribution >= 4 is 31.6 Å². The molecular formula is C28H33N3O7S2. The zero-order valence-electron chi connectivity index (χ0n) is 22.2. The molecule has 214 valence electrons. The van der Waals surface area contributed by atoms with Crippen molar-refractivity contribution in [1.29, 1.82) is 0 Å². The van der Waals surface area contributed by atoms with Crippen LogP contribution in [0.5, 0.6) is 11.5 Å². The van der Waals surface area contributed by atoms with Crippen LogP contribution >= 0.6 is 0 Å². The van der Waals surface area contributed by atoms with Crippen LogP contribution in [0.4, 0.5) is 5.69 Å². The van der Waals surface area contributed by atoms with Gasteiger partial charge in [0.05, 0.1) is 16.4 Å². The third kappa shape index (κ3) is 7.74. The van der Waals surface area contributed by atoms with Crippen LogP contribution in [0, 0.1) is 0 Å². The van der Waals surface area contributed by atoms with Crippen molar-refractivity contribution in [2.24, 2.45) is 0 Å². The SMILES string of the molecule is CCOc1ccc(NS(=O)(=O)c2ccc(OCC(=O)NCCc3ccc(S(=O)(=O)N4CCCC4)cc3)cc2)cc1. The molecule has 0 spiro atoms. The van der Waals surface area contributed by atoms with Gasteiger partial charge in [0.25, 0.3) is 15.9 Å². The lowest BCUT2D eigenvalue weighted by Crippen LogP contribution is -2.30. The van der Waals surface area contributed by atoms with Crippen LogP contribution in [0.1, 0.15) is 25.3 Å². The zero-order valence-corrected chi connectivity index (χ0v) is 23.8. The van der Waals surface area contributed by atoms with E-state index >= 15 is 0 Å². The summed E-state index contributed by atoms with van der Waals surface area (Å²) in [6.45, 7) is 3.63. The molecule has 0 aromatic heterocycles. The Morgan fingerprint density at radius 1 is 0.800 bits per heavy atom. The van der Waals surface area contributed by atoms with Crippen LogP contribution in [0.25, 0.3) is 0 Å². The van der Waals surface area contributed by atoms with Gasteiger partial charge in [0.1, 0.15) is 11.5 Å². The van der Waals surface area contributed by atoms with E-state index in [0.717, 1.165) is 18.4 Å². The largest absolute Gasteiger partial charge is 0.494 e. The first kappa shape index (κ1) is 29.4. The number of anilines is 1. The third-order valence-electron chi connectivity index (χ3n) is 6.28. The van der Waals surface area contributed by atoms with Crippen LogP contribution < -0.4 is 19.5 Å². The summed E-state index contributed by atoms with van der Waals surface area (Å²) in [7, 11) is -7.25. The Hall–Kier alpha value is -3.61. The van der Waals surface area contributed by atoms with Crippen molar-refractivity contribution in [3.63, 3.8) is 0 Å². The van der Waals surface area contributed by atoms with E-state index in [1.807, 2.05) is 6.92 Å². The van der Waals surface area contributed by atoms with Crippen LogP contribution in [0.3, 0.4) is 0 Å². The Labute approximate surface area is 235 Å². The van der Waals surface area contributed by atoms with Crippen molar-refractivity contribution in [2.75, 3.05) is 37.6 Å². The highest BCUT2D eigenvalue weighted by molar-refractivity contribution is 7.92. The highest BCUT2D eigenvalue weighted by atomic mass is 32.2. The molecule has 1 amide bonds. The maximum Gasteiger partial charge on any atom is 0.261 e. The predicted molar refractivity (Wildman–Crippen MR) is 152 cm³/mol. The van der Waals surface area contributed by atoms with Crippen LogP contribution in [0.2, 0.25) is 0 Å². The molecule has 0 radical (unpaired) electrons. The van der Waals surface area contributed by atoms with Crippen molar-refractivity contribution < 1.29 is 31.1 Å². The molecular weight excluding hydrogens is 554 g/mol. The standard InChI is InChI=1S/C28H33N3O7S2/c1-2-37-24-9-7-23(8-10-24)30-39(33,34)26-15-11-25(12-16-26)38-21-28(32)29-18-17-22-5-13-27(14-6-22)40(35,36)31-19-3-4-20-31/h5-16,30H,2-4,17-21H2,1H3,(H,29,32). The van der Waals surface area contributed by atoms with Crippen molar-refractivity contribution in [2.45, 2.75) is 36.0 Å². The molecule has 40 heavy (non-hydrogen) atoms. The molecule has 0 saturated carbocycles. The van der Waals surface area contributed by atoms with Gasteiger partial charge in [-0.1, -0.05) is 12.1 Å². The first-order valence-electron chi connectivity index (χ1n) is 13.0. The molecule has 0 bridgehead atoms. The second kappa shape index (κ2) is 13.2. The lowest BCUT2D eigenvalue weighted by atomic mass is 10.1. The first-order valence-corrected chi connectivity index (χ1v) is 15.9. The monoisotopic (exact) mass is 587 g/mol. The average Bonchev–Trinajstić information content (AvgIpc) is 3.50. The molecule has 12 heteroatoms. The van der Waals surface area contributed by atoms with Gasteiger partial charge in [0, 0.05) is 25.3 Å². The van der Waals surface area contributed by atoms with Crippen molar-refractivity contribution in [3.05, 3.63) is 78.4 Å². The second-order valence-electron chi connectivity index (χ2n) is 9.18. The molecule has 1 heterocycles. The number of benzene rings is 3. The van der Waals surface area contributed by atoms with E-state index in [4.69, 9.17) is 9.47 Å². The van der Waals surface area contributed by atoms with E-state index < -0.39 is 20.0 Å². The molecule has 1 aliphatic rings. The van der Waals surface area contributed by atoms with Gasteiger partial charge in [0.2, 0.25) is 10.0 Å². The van der Waals surface area contributed by atoms with Crippen molar-refractivity contribution in [1.82, 2.24) is 9.62 Å². The Kier molecular flexibility index (Phi) is 9.67. The molecule has 4 rings (SSSR count). The molecule has 3 aromatic rings. The third-order valence-corrected chi connectivity index (χ3v) is 9.59. The summed E-state index contributed by atoms with van der Waals surface area (Å²) >= 11 is 0. The molecule has 1 saturated heterocycles. The Balaban J connectivity index is 1.20. The number of carbonyl (C=O) groups excluding carboxylic acids is 1. The smallest absolute Gasteiger partial charge is 0.261 e. The first-order chi connectivity index (χ1) is 19.2. The molecule has 1 aliphatic heterocycles. The summed E-state index contributed by atoms with van der Waals surface area (Å²) in [5, 5.41) is 2.76. The second-order valence-corrected chi connectivity index (χ2v) is 12.8. The van der Waals surface area contributed by atoms with Gasteiger partial charge in [-0.3, -0.25) is 9.52 Å². The summed E-state index contributed by atoms with van der Waals surface area (Å²) in [4.78, 5) is 12.5. The highest BCUT2D eigenvalue weighted by Gasteiger charge is 2.26. The maximum absolute atomic E-state index is 12.7. The molecule has 2 N–H and O–H groups in total. The van der Waals surface area contributed by atoms with Crippen LogP contribution in [0.15, 0.2) is 82.6 Å². The van der Waals surface area contributed by atoms with Crippen LogP contribution in [-0.4, -0.2) is 59.9 Å². The van der Waals surface area contributed by atoms with Gasteiger partial charge in [-0.2, -0.15) is 4.31 Å². The minimum absolute atomic E-state index is 0.0532. The Morgan fingerprint density at radius 3 is 2.00 bits per heavy atom. The number of hydrogen-bond acceptors (Lipinski definition) is 7. The molecule has 3 aromatic carbocycles. The number of sulfonamides is 2. The summed E-state index contributed by atoms with van der Waals surface area (Å²) in [6.07, 6.45) is 2.30. The van der Waals surface area contributed by atoms with E-state index in [-0.39, 0.29) is 22.3 Å². The molecule has 10 nitrogen and oxygen atoms in total. The van der Waals surface area contributed by atoms with Gasteiger partial charge < -0.3 is 14.8 Å². The number of amides is 1. The average molecular weight is 588 g/mol. The van der Waals surface area contributed by atoms with Gasteiger partial charge in [-0.15, -0.1) is 0 Å². The predicted octanol–water partition coefficient (Wildman–Crippen LogP) is 3.41. The van der Waals surface area contributed by atoms with E-state index in [1.165, 1.54) is 28.6 Å². The van der Waals surface area contributed by atoms with Gasteiger partial charge >= 0.3 is 0 Å². The fraction of sp³-hybridized carbons (Fsp3) is 0.321. The molecule has 0 atom stereocenters. The fourth-order valence-corrected chi connectivity index (χ4v) is 6.74. The quantitative estimate of drug-likeness (QED) is 0.313. The molecule has 0 unspecified atom stereocenters. The molecule has 0 aliphatic carbocycles. The van der Waals surface area contributed by atoms with Crippen LogP contribution in [-0.2, 0) is 31.3 Å². The van der Waals surface area contributed by atoms with Gasteiger partial charge in [0.15, 0.2) is 6.61 Å². The number of nitrogens with one attached hydrogen (secondary N) is 2. The number of nitrogens with zero attached hydrogens (tertiary/aromatic N) is 1. The maximum atomic E-state index is 12.7. The summed E-state index contributed by atoms with van der Waals surface area (Å²) in [6, 6.07) is 19.1. The minimum atomic E-state index is -3.80. The summed E-state index contributed by atoms with van der Waals surface area (Å²) in [5.74, 6) is 0.669. The minimum Gasteiger partial charge on any atom is -0.494 e. The number of rotatable bonds is 13. The summed E-state index contributed by atoms with van der Waals surface area (Å²) < 4.78 is 65.5. The number of carbonyl (C=O) groups is 1. The fourth-order valence-electron chi connectivity index (χ4n) is 4.17. The number of hydrogen-bond donors (Lipinski definition) is 2.